The topological polar surface area (TPSA) is 30.9 Å². The summed E-state index contributed by atoms with van der Waals surface area (Å²) >= 11 is 6.18. The minimum atomic E-state index is -0.364. The van der Waals surface area contributed by atoms with E-state index < -0.39 is 0 Å². The molecule has 0 fully saturated rings. The molecule has 4 heteroatoms. The molecule has 0 bridgehead atoms. The number of aromatic nitrogens is 1. The van der Waals surface area contributed by atoms with Crippen LogP contribution >= 0.6 is 11.6 Å². The van der Waals surface area contributed by atoms with Crippen molar-refractivity contribution in [2.75, 3.05) is 5.73 Å². The van der Waals surface area contributed by atoms with E-state index in [1.54, 1.807) is 18.2 Å². The molecule has 3 aromatic rings. The summed E-state index contributed by atoms with van der Waals surface area (Å²) in [7, 11) is 0. The van der Waals surface area contributed by atoms with E-state index in [0.29, 0.717) is 17.1 Å². The Labute approximate surface area is 115 Å². The SMILES string of the molecule is Nc1cccc(Cn2cc(Cl)c3ccccc32)c1F. The monoisotopic (exact) mass is 274 g/mol. The third kappa shape index (κ3) is 2.06. The second-order valence-corrected chi connectivity index (χ2v) is 4.85. The fraction of sp³-hybridized carbons (Fsp3) is 0.0667. The van der Waals surface area contributed by atoms with Crippen LogP contribution in [0, 0.1) is 5.82 Å². The van der Waals surface area contributed by atoms with Crippen LogP contribution in [0.1, 0.15) is 5.56 Å². The average molecular weight is 275 g/mol. The minimum absolute atomic E-state index is 0.167. The minimum Gasteiger partial charge on any atom is -0.396 e. The number of para-hydroxylation sites is 1. The van der Waals surface area contributed by atoms with Crippen molar-refractivity contribution in [2.24, 2.45) is 0 Å². The summed E-state index contributed by atoms with van der Waals surface area (Å²) in [5.41, 5.74) is 7.28. The lowest BCUT2D eigenvalue weighted by molar-refractivity contribution is 0.606. The summed E-state index contributed by atoms with van der Waals surface area (Å²) in [5, 5.41) is 1.63. The molecule has 0 aliphatic rings. The number of hydrogen-bond donors (Lipinski definition) is 1. The molecule has 0 aliphatic carbocycles. The summed E-state index contributed by atoms with van der Waals surface area (Å²) in [6, 6.07) is 12.8. The Morgan fingerprint density at radius 1 is 1.11 bits per heavy atom. The molecule has 19 heavy (non-hydrogen) atoms. The number of nitrogens with zero attached hydrogens (tertiary/aromatic N) is 1. The van der Waals surface area contributed by atoms with Gasteiger partial charge in [0.25, 0.3) is 0 Å². The van der Waals surface area contributed by atoms with E-state index in [0.717, 1.165) is 10.9 Å². The van der Waals surface area contributed by atoms with Crippen molar-refractivity contribution in [3.8, 4) is 0 Å². The van der Waals surface area contributed by atoms with Gasteiger partial charge in [0.2, 0.25) is 0 Å². The lowest BCUT2D eigenvalue weighted by Crippen LogP contribution is -2.02. The van der Waals surface area contributed by atoms with Crippen LogP contribution in [0.5, 0.6) is 0 Å². The first-order valence-corrected chi connectivity index (χ1v) is 6.31. The van der Waals surface area contributed by atoms with Gasteiger partial charge in [-0.3, -0.25) is 0 Å². The predicted molar refractivity (Wildman–Crippen MR) is 76.9 cm³/mol. The van der Waals surface area contributed by atoms with Crippen LogP contribution in [-0.4, -0.2) is 4.57 Å². The van der Waals surface area contributed by atoms with E-state index in [1.165, 1.54) is 0 Å². The number of hydrogen-bond acceptors (Lipinski definition) is 1. The van der Waals surface area contributed by atoms with Crippen LogP contribution in [0.25, 0.3) is 10.9 Å². The Hall–Kier alpha value is -2.00. The maximum absolute atomic E-state index is 13.9. The van der Waals surface area contributed by atoms with E-state index in [-0.39, 0.29) is 11.5 Å². The number of fused-ring (bicyclic) bond motifs is 1. The first-order valence-electron chi connectivity index (χ1n) is 5.93. The first-order chi connectivity index (χ1) is 9.16. The Morgan fingerprint density at radius 2 is 1.89 bits per heavy atom. The van der Waals surface area contributed by atoms with Crippen molar-refractivity contribution < 1.29 is 4.39 Å². The molecular weight excluding hydrogens is 263 g/mol. The van der Waals surface area contributed by atoms with Crippen LogP contribution in [0.3, 0.4) is 0 Å². The second kappa shape index (κ2) is 4.59. The molecule has 2 nitrogen and oxygen atoms in total. The van der Waals surface area contributed by atoms with Crippen molar-refractivity contribution in [2.45, 2.75) is 6.54 Å². The molecule has 0 unspecified atom stereocenters. The molecular formula is C15H12ClFN2. The summed E-state index contributed by atoms with van der Waals surface area (Å²) in [4.78, 5) is 0. The molecule has 0 spiro atoms. The zero-order valence-electron chi connectivity index (χ0n) is 10.1. The summed E-state index contributed by atoms with van der Waals surface area (Å²) in [5.74, 6) is -0.364. The molecule has 0 saturated carbocycles. The molecule has 2 aromatic carbocycles. The van der Waals surface area contributed by atoms with Gasteiger partial charge in [0.05, 0.1) is 17.3 Å². The van der Waals surface area contributed by atoms with E-state index in [1.807, 2.05) is 35.0 Å². The second-order valence-electron chi connectivity index (χ2n) is 4.44. The van der Waals surface area contributed by atoms with E-state index in [9.17, 15) is 4.39 Å². The highest BCUT2D eigenvalue weighted by Crippen LogP contribution is 2.27. The van der Waals surface area contributed by atoms with E-state index in [4.69, 9.17) is 17.3 Å². The van der Waals surface area contributed by atoms with Crippen molar-refractivity contribution in [3.05, 3.63) is 65.1 Å². The molecule has 3 rings (SSSR count). The Kier molecular flexibility index (Phi) is 2.91. The van der Waals surface area contributed by atoms with Crippen LogP contribution in [0.15, 0.2) is 48.7 Å². The largest absolute Gasteiger partial charge is 0.396 e. The molecule has 0 radical (unpaired) electrons. The third-order valence-electron chi connectivity index (χ3n) is 3.19. The van der Waals surface area contributed by atoms with Crippen molar-refractivity contribution in [3.63, 3.8) is 0 Å². The number of halogens is 2. The quantitative estimate of drug-likeness (QED) is 0.702. The smallest absolute Gasteiger partial charge is 0.151 e. The van der Waals surface area contributed by atoms with Gasteiger partial charge in [-0.25, -0.2) is 4.39 Å². The number of rotatable bonds is 2. The molecule has 0 saturated heterocycles. The van der Waals surface area contributed by atoms with Gasteiger partial charge in [0.1, 0.15) is 0 Å². The van der Waals surface area contributed by atoms with Gasteiger partial charge in [0, 0.05) is 22.7 Å². The van der Waals surface area contributed by atoms with Gasteiger partial charge < -0.3 is 10.3 Å². The highest BCUT2D eigenvalue weighted by Gasteiger charge is 2.10. The first kappa shape index (κ1) is 12.1. The number of nitrogen functional groups attached to an aromatic ring is 1. The average Bonchev–Trinajstić information content (AvgIpc) is 2.73. The van der Waals surface area contributed by atoms with Crippen LogP contribution in [0.4, 0.5) is 10.1 Å². The Balaban J connectivity index is 2.09. The number of benzene rings is 2. The van der Waals surface area contributed by atoms with Gasteiger partial charge >= 0.3 is 0 Å². The molecule has 1 heterocycles. The van der Waals surface area contributed by atoms with Gasteiger partial charge in [-0.2, -0.15) is 0 Å². The molecule has 0 amide bonds. The van der Waals surface area contributed by atoms with Gasteiger partial charge in [0.15, 0.2) is 5.82 Å². The molecule has 2 N–H and O–H groups in total. The highest BCUT2D eigenvalue weighted by atomic mass is 35.5. The van der Waals surface area contributed by atoms with Crippen molar-refractivity contribution >= 4 is 28.2 Å². The van der Waals surface area contributed by atoms with Crippen LogP contribution in [0.2, 0.25) is 5.02 Å². The highest BCUT2D eigenvalue weighted by molar-refractivity contribution is 6.35. The third-order valence-corrected chi connectivity index (χ3v) is 3.49. The molecule has 96 valence electrons. The number of anilines is 1. The molecule has 0 atom stereocenters. The zero-order valence-corrected chi connectivity index (χ0v) is 10.9. The maximum atomic E-state index is 13.9. The lowest BCUT2D eigenvalue weighted by atomic mass is 10.2. The maximum Gasteiger partial charge on any atom is 0.151 e. The standard InChI is InChI=1S/C15H12ClFN2/c16-12-9-19(14-7-2-1-5-11(12)14)8-10-4-3-6-13(18)15(10)17/h1-7,9H,8,18H2. The molecule has 0 aliphatic heterocycles. The number of nitrogens with two attached hydrogens (primary N) is 1. The van der Waals surface area contributed by atoms with Crippen LogP contribution < -0.4 is 5.73 Å². The Morgan fingerprint density at radius 3 is 2.74 bits per heavy atom. The van der Waals surface area contributed by atoms with Crippen molar-refractivity contribution in [1.29, 1.82) is 0 Å². The van der Waals surface area contributed by atoms with Gasteiger partial charge in [-0.15, -0.1) is 0 Å². The fourth-order valence-electron chi connectivity index (χ4n) is 2.24. The van der Waals surface area contributed by atoms with E-state index in [2.05, 4.69) is 0 Å². The molecule has 1 aromatic heterocycles. The van der Waals surface area contributed by atoms with Gasteiger partial charge in [-0.1, -0.05) is 41.9 Å². The van der Waals surface area contributed by atoms with E-state index >= 15 is 0 Å². The van der Waals surface area contributed by atoms with Crippen LogP contribution in [-0.2, 0) is 6.54 Å². The normalized spacial score (nSPS) is 11.1. The van der Waals surface area contributed by atoms with Gasteiger partial charge in [-0.05, 0) is 12.1 Å². The summed E-state index contributed by atoms with van der Waals surface area (Å²) < 4.78 is 15.8. The van der Waals surface area contributed by atoms with Crippen molar-refractivity contribution in [1.82, 2.24) is 4.57 Å². The predicted octanol–water partition coefficient (Wildman–Crippen LogP) is 4.06. The summed E-state index contributed by atoms with van der Waals surface area (Å²) in [6.07, 6.45) is 1.81. The lowest BCUT2D eigenvalue weighted by Gasteiger charge is -2.08. The summed E-state index contributed by atoms with van der Waals surface area (Å²) in [6.45, 7) is 0.407. The zero-order chi connectivity index (χ0) is 13.4. The fourth-order valence-corrected chi connectivity index (χ4v) is 2.52. The Bertz CT molecular complexity index is 749.